The summed E-state index contributed by atoms with van der Waals surface area (Å²) in [7, 11) is 4.56. The fraction of sp³-hybridized carbons (Fsp3) is 0.417. The van der Waals surface area contributed by atoms with Gasteiger partial charge in [-0.3, -0.25) is 9.59 Å². The smallest absolute Gasteiger partial charge is 0.317 e. The molecule has 0 saturated heterocycles. The number of carbonyl (C=O) groups is 2. The molecule has 1 N–H and O–H groups in total. The van der Waals surface area contributed by atoms with E-state index in [9.17, 15) is 14.0 Å². The Kier molecular flexibility index (Phi) is 7.56. The lowest BCUT2D eigenvalue weighted by molar-refractivity contribution is -0.154. The number of ether oxygens (including phenoxy) is 4. The summed E-state index contributed by atoms with van der Waals surface area (Å²) in [5.74, 6) is 0.284. The molecule has 0 atom stereocenters. The summed E-state index contributed by atoms with van der Waals surface area (Å²) >= 11 is 0. The van der Waals surface area contributed by atoms with Crippen LogP contribution < -0.4 is 19.5 Å². The molecular formula is C24H28FNO6. The molecule has 1 aliphatic rings. The molecule has 0 aliphatic heterocycles. The summed E-state index contributed by atoms with van der Waals surface area (Å²) in [4.78, 5) is 25.3. The second-order valence-corrected chi connectivity index (χ2v) is 7.67. The van der Waals surface area contributed by atoms with Crippen LogP contribution >= 0.6 is 0 Å². The Balaban J connectivity index is 1.62. The van der Waals surface area contributed by atoms with Gasteiger partial charge in [0.2, 0.25) is 0 Å². The lowest BCUT2D eigenvalue weighted by Crippen LogP contribution is -2.37. The van der Waals surface area contributed by atoms with E-state index in [1.165, 1.54) is 33.5 Å². The minimum atomic E-state index is -0.833. The number of halogens is 1. The van der Waals surface area contributed by atoms with E-state index in [1.807, 2.05) is 0 Å². The predicted molar refractivity (Wildman–Crippen MR) is 115 cm³/mol. The fourth-order valence-electron chi connectivity index (χ4n) is 4.10. The van der Waals surface area contributed by atoms with Crippen LogP contribution in [0.5, 0.6) is 17.2 Å². The standard InChI is InChI=1S/C24H28FNO6/c1-29-19-13-21(31-3)20(30-2)12-16(19)14-26-22(27)15-32-23(28)24(10-4-5-11-24)17-6-8-18(25)9-7-17/h6-9,12-13H,4-5,10-11,14-15H2,1-3H3,(H,26,27). The van der Waals surface area contributed by atoms with Crippen LogP contribution in [0.4, 0.5) is 4.39 Å². The quantitative estimate of drug-likeness (QED) is 0.595. The van der Waals surface area contributed by atoms with Crippen molar-refractivity contribution in [2.75, 3.05) is 27.9 Å². The minimum absolute atomic E-state index is 0.156. The van der Waals surface area contributed by atoms with Crippen LogP contribution in [0.1, 0.15) is 36.8 Å². The Bertz CT molecular complexity index is 954. The molecule has 0 radical (unpaired) electrons. The number of benzene rings is 2. The SMILES string of the molecule is COc1cc(OC)c(OC)cc1CNC(=O)COC(=O)C1(c2ccc(F)cc2)CCCC1. The van der Waals surface area contributed by atoms with Gasteiger partial charge in [-0.25, -0.2) is 4.39 Å². The minimum Gasteiger partial charge on any atom is -0.496 e. The Morgan fingerprint density at radius 3 is 2.12 bits per heavy atom. The molecule has 8 heteroatoms. The Labute approximate surface area is 186 Å². The number of hydrogen-bond acceptors (Lipinski definition) is 6. The van der Waals surface area contributed by atoms with Gasteiger partial charge in [-0.2, -0.15) is 0 Å². The lowest BCUT2D eigenvalue weighted by Gasteiger charge is -2.27. The highest BCUT2D eigenvalue weighted by atomic mass is 19.1. The van der Waals surface area contributed by atoms with Crippen LogP contribution in [0, 0.1) is 5.82 Å². The molecule has 0 aromatic heterocycles. The first-order valence-electron chi connectivity index (χ1n) is 10.4. The zero-order valence-electron chi connectivity index (χ0n) is 18.5. The van der Waals surface area contributed by atoms with Crippen molar-refractivity contribution in [3.05, 3.63) is 53.3 Å². The second-order valence-electron chi connectivity index (χ2n) is 7.67. The maximum atomic E-state index is 13.3. The number of esters is 1. The van der Waals surface area contributed by atoms with Crippen molar-refractivity contribution >= 4 is 11.9 Å². The van der Waals surface area contributed by atoms with Crippen molar-refractivity contribution in [3.8, 4) is 17.2 Å². The highest BCUT2D eigenvalue weighted by Crippen LogP contribution is 2.42. The fourth-order valence-corrected chi connectivity index (χ4v) is 4.10. The lowest BCUT2D eigenvalue weighted by atomic mass is 9.79. The molecule has 0 unspecified atom stereocenters. The van der Waals surface area contributed by atoms with Crippen LogP contribution in [-0.4, -0.2) is 39.8 Å². The molecule has 1 fully saturated rings. The van der Waals surface area contributed by atoms with Gasteiger partial charge in [-0.1, -0.05) is 25.0 Å². The van der Waals surface area contributed by atoms with Crippen molar-refractivity contribution in [1.29, 1.82) is 0 Å². The van der Waals surface area contributed by atoms with Gasteiger partial charge in [0, 0.05) is 18.2 Å². The molecule has 2 aromatic rings. The topological polar surface area (TPSA) is 83.1 Å². The highest BCUT2D eigenvalue weighted by Gasteiger charge is 2.44. The van der Waals surface area contributed by atoms with E-state index in [1.54, 1.807) is 24.3 Å². The molecule has 1 saturated carbocycles. The average molecular weight is 445 g/mol. The highest BCUT2D eigenvalue weighted by molar-refractivity contribution is 5.86. The molecule has 0 bridgehead atoms. The zero-order valence-corrected chi connectivity index (χ0v) is 18.5. The molecule has 3 rings (SSSR count). The molecule has 0 heterocycles. The number of nitrogens with one attached hydrogen (secondary N) is 1. The van der Waals surface area contributed by atoms with Crippen molar-refractivity contribution in [1.82, 2.24) is 5.32 Å². The van der Waals surface area contributed by atoms with Gasteiger partial charge in [-0.05, 0) is 36.6 Å². The summed E-state index contributed by atoms with van der Waals surface area (Å²) in [6, 6.07) is 9.30. The predicted octanol–water partition coefficient (Wildman–Crippen LogP) is 3.52. The van der Waals surface area contributed by atoms with E-state index in [0.29, 0.717) is 35.7 Å². The maximum Gasteiger partial charge on any atom is 0.317 e. The van der Waals surface area contributed by atoms with Crippen LogP contribution in [0.2, 0.25) is 0 Å². The summed E-state index contributed by atoms with van der Waals surface area (Å²) < 4.78 is 34.6. The number of methoxy groups -OCH3 is 3. The third-order valence-electron chi connectivity index (χ3n) is 5.84. The third-order valence-corrected chi connectivity index (χ3v) is 5.84. The molecule has 1 aliphatic carbocycles. The van der Waals surface area contributed by atoms with E-state index < -0.39 is 23.9 Å². The summed E-state index contributed by atoms with van der Waals surface area (Å²) in [6.45, 7) is -0.250. The van der Waals surface area contributed by atoms with Gasteiger partial charge in [-0.15, -0.1) is 0 Å². The van der Waals surface area contributed by atoms with E-state index in [-0.39, 0.29) is 12.4 Å². The molecule has 1 amide bonds. The molecular weight excluding hydrogens is 417 g/mol. The molecule has 32 heavy (non-hydrogen) atoms. The first-order chi connectivity index (χ1) is 15.4. The summed E-state index contributed by atoms with van der Waals surface area (Å²) in [6.07, 6.45) is 2.97. The first kappa shape index (κ1) is 23.4. The van der Waals surface area contributed by atoms with Gasteiger partial charge in [0.25, 0.3) is 5.91 Å². The van der Waals surface area contributed by atoms with Crippen LogP contribution in [-0.2, 0) is 26.3 Å². The Morgan fingerprint density at radius 1 is 0.938 bits per heavy atom. The Morgan fingerprint density at radius 2 is 1.53 bits per heavy atom. The zero-order chi connectivity index (χ0) is 23.1. The van der Waals surface area contributed by atoms with E-state index >= 15 is 0 Å². The molecule has 2 aromatic carbocycles. The molecule has 7 nitrogen and oxygen atoms in total. The normalized spacial score (nSPS) is 14.5. The largest absolute Gasteiger partial charge is 0.496 e. The monoisotopic (exact) mass is 445 g/mol. The van der Waals surface area contributed by atoms with Gasteiger partial charge in [0.1, 0.15) is 11.6 Å². The van der Waals surface area contributed by atoms with Crippen molar-refractivity contribution in [3.63, 3.8) is 0 Å². The third kappa shape index (κ3) is 4.95. The first-order valence-corrected chi connectivity index (χ1v) is 10.4. The number of amides is 1. The van der Waals surface area contributed by atoms with Gasteiger partial charge in [0.15, 0.2) is 18.1 Å². The van der Waals surface area contributed by atoms with E-state index in [2.05, 4.69) is 5.32 Å². The Hall–Kier alpha value is -3.29. The van der Waals surface area contributed by atoms with Crippen molar-refractivity contribution < 1.29 is 32.9 Å². The molecule has 0 spiro atoms. The molecule has 172 valence electrons. The van der Waals surface area contributed by atoms with Crippen molar-refractivity contribution in [2.24, 2.45) is 0 Å². The van der Waals surface area contributed by atoms with Gasteiger partial charge >= 0.3 is 5.97 Å². The van der Waals surface area contributed by atoms with Crippen LogP contribution in [0.25, 0.3) is 0 Å². The number of carbonyl (C=O) groups excluding carboxylic acids is 2. The van der Waals surface area contributed by atoms with E-state index in [0.717, 1.165) is 18.4 Å². The second kappa shape index (κ2) is 10.3. The van der Waals surface area contributed by atoms with Crippen LogP contribution in [0.15, 0.2) is 36.4 Å². The maximum absolute atomic E-state index is 13.3. The number of hydrogen-bond donors (Lipinski definition) is 1. The summed E-state index contributed by atoms with van der Waals surface area (Å²) in [5.41, 5.74) is 0.570. The average Bonchev–Trinajstić information content (AvgIpc) is 3.32. The van der Waals surface area contributed by atoms with E-state index in [4.69, 9.17) is 18.9 Å². The summed E-state index contributed by atoms with van der Waals surface area (Å²) in [5, 5.41) is 2.73. The number of rotatable bonds is 9. The van der Waals surface area contributed by atoms with Crippen molar-refractivity contribution in [2.45, 2.75) is 37.6 Å². The van der Waals surface area contributed by atoms with Crippen LogP contribution in [0.3, 0.4) is 0 Å². The van der Waals surface area contributed by atoms with Gasteiger partial charge in [0.05, 0.1) is 26.7 Å². The van der Waals surface area contributed by atoms with Gasteiger partial charge < -0.3 is 24.3 Å².